The van der Waals surface area contributed by atoms with E-state index in [2.05, 4.69) is 13.8 Å². The average Bonchev–Trinajstić information content (AvgIpc) is 2.30. The van der Waals surface area contributed by atoms with E-state index in [1.54, 1.807) is 7.11 Å². The van der Waals surface area contributed by atoms with Crippen LogP contribution in [0.15, 0.2) is 0 Å². The summed E-state index contributed by atoms with van der Waals surface area (Å²) >= 11 is 0. The standard InChI is InChI=1S/C8H16O2/c1-4-7-6(2)8(9-3)5-10-7/h6-8H,4-5H2,1-3H3/t6-,7-,8+/m1/s1. The lowest BCUT2D eigenvalue weighted by Gasteiger charge is -2.14. The van der Waals surface area contributed by atoms with E-state index >= 15 is 0 Å². The normalized spacial score (nSPS) is 40.5. The van der Waals surface area contributed by atoms with Crippen LogP contribution >= 0.6 is 0 Å². The molecule has 1 rings (SSSR count). The van der Waals surface area contributed by atoms with Crippen LogP contribution in [0, 0.1) is 5.92 Å². The molecule has 1 aliphatic rings. The summed E-state index contributed by atoms with van der Waals surface area (Å²) in [7, 11) is 1.75. The van der Waals surface area contributed by atoms with Gasteiger partial charge in [-0.1, -0.05) is 13.8 Å². The van der Waals surface area contributed by atoms with E-state index in [-0.39, 0.29) is 0 Å². The fourth-order valence-electron chi connectivity index (χ4n) is 1.53. The van der Waals surface area contributed by atoms with E-state index in [9.17, 15) is 0 Å². The summed E-state index contributed by atoms with van der Waals surface area (Å²) in [5, 5.41) is 0. The van der Waals surface area contributed by atoms with Crippen LogP contribution in [0.1, 0.15) is 20.3 Å². The van der Waals surface area contributed by atoms with Crippen molar-refractivity contribution in [2.24, 2.45) is 5.92 Å². The summed E-state index contributed by atoms with van der Waals surface area (Å²) in [4.78, 5) is 0. The Morgan fingerprint density at radius 2 is 2.30 bits per heavy atom. The van der Waals surface area contributed by atoms with Crippen LogP contribution in [0.4, 0.5) is 0 Å². The smallest absolute Gasteiger partial charge is 0.0854 e. The van der Waals surface area contributed by atoms with Crippen LogP contribution in [0.25, 0.3) is 0 Å². The predicted molar refractivity (Wildman–Crippen MR) is 40.0 cm³/mol. The Labute approximate surface area is 62.5 Å². The van der Waals surface area contributed by atoms with E-state index in [0.717, 1.165) is 13.0 Å². The zero-order chi connectivity index (χ0) is 7.56. The zero-order valence-corrected chi connectivity index (χ0v) is 6.96. The fraction of sp³-hybridized carbons (Fsp3) is 1.00. The number of methoxy groups -OCH3 is 1. The van der Waals surface area contributed by atoms with Gasteiger partial charge >= 0.3 is 0 Å². The van der Waals surface area contributed by atoms with Crippen LogP contribution in [0.2, 0.25) is 0 Å². The van der Waals surface area contributed by atoms with E-state index < -0.39 is 0 Å². The number of hydrogen-bond acceptors (Lipinski definition) is 2. The maximum Gasteiger partial charge on any atom is 0.0854 e. The molecule has 0 aromatic heterocycles. The third-order valence-electron chi connectivity index (χ3n) is 2.35. The molecule has 1 fully saturated rings. The maximum absolute atomic E-state index is 5.49. The highest BCUT2D eigenvalue weighted by Gasteiger charge is 2.32. The van der Waals surface area contributed by atoms with Gasteiger partial charge in [0.2, 0.25) is 0 Å². The summed E-state index contributed by atoms with van der Waals surface area (Å²) in [6.45, 7) is 5.12. The molecule has 0 radical (unpaired) electrons. The first kappa shape index (κ1) is 8.02. The van der Waals surface area contributed by atoms with Gasteiger partial charge in [0.25, 0.3) is 0 Å². The summed E-state index contributed by atoms with van der Waals surface area (Å²) in [5.41, 5.74) is 0. The minimum atomic E-state index is 0.324. The molecule has 1 heterocycles. The average molecular weight is 144 g/mol. The molecular weight excluding hydrogens is 128 g/mol. The monoisotopic (exact) mass is 144 g/mol. The molecule has 0 bridgehead atoms. The topological polar surface area (TPSA) is 18.5 Å². The molecule has 2 nitrogen and oxygen atoms in total. The second-order valence-corrected chi connectivity index (χ2v) is 2.91. The van der Waals surface area contributed by atoms with Gasteiger partial charge in [-0.2, -0.15) is 0 Å². The van der Waals surface area contributed by atoms with Crippen molar-refractivity contribution >= 4 is 0 Å². The lowest BCUT2D eigenvalue weighted by Crippen LogP contribution is -2.21. The first-order chi connectivity index (χ1) is 4.79. The summed E-state index contributed by atoms with van der Waals surface area (Å²) in [6.07, 6.45) is 1.84. The first-order valence-corrected chi connectivity index (χ1v) is 3.94. The van der Waals surface area contributed by atoms with Crippen molar-refractivity contribution in [2.75, 3.05) is 13.7 Å². The second-order valence-electron chi connectivity index (χ2n) is 2.91. The summed E-state index contributed by atoms with van der Waals surface area (Å²) in [6, 6.07) is 0. The Morgan fingerprint density at radius 1 is 1.60 bits per heavy atom. The number of rotatable bonds is 2. The molecule has 0 unspecified atom stereocenters. The van der Waals surface area contributed by atoms with Crippen molar-refractivity contribution in [1.29, 1.82) is 0 Å². The highest BCUT2D eigenvalue weighted by molar-refractivity contribution is 4.79. The van der Waals surface area contributed by atoms with Crippen molar-refractivity contribution in [2.45, 2.75) is 32.5 Å². The number of ether oxygens (including phenoxy) is 2. The molecule has 10 heavy (non-hydrogen) atoms. The zero-order valence-electron chi connectivity index (χ0n) is 6.96. The van der Waals surface area contributed by atoms with E-state index in [1.807, 2.05) is 0 Å². The Kier molecular flexibility index (Phi) is 2.69. The molecule has 1 aliphatic heterocycles. The van der Waals surface area contributed by atoms with Crippen molar-refractivity contribution in [1.82, 2.24) is 0 Å². The Morgan fingerprint density at radius 3 is 2.60 bits per heavy atom. The van der Waals surface area contributed by atoms with E-state index in [1.165, 1.54) is 0 Å². The molecule has 1 saturated heterocycles. The predicted octanol–water partition coefficient (Wildman–Crippen LogP) is 1.45. The molecule has 0 amide bonds. The molecule has 0 aliphatic carbocycles. The quantitative estimate of drug-likeness (QED) is 0.584. The summed E-state index contributed by atoms with van der Waals surface area (Å²) < 4.78 is 10.7. The van der Waals surface area contributed by atoms with Gasteiger partial charge in [0.05, 0.1) is 18.8 Å². The molecule has 0 aromatic rings. The third kappa shape index (κ3) is 1.32. The van der Waals surface area contributed by atoms with Crippen molar-refractivity contribution in [3.05, 3.63) is 0 Å². The van der Waals surface area contributed by atoms with Crippen LogP contribution in [-0.2, 0) is 9.47 Å². The lowest BCUT2D eigenvalue weighted by molar-refractivity contribution is 0.0645. The Hall–Kier alpha value is -0.0800. The molecule has 2 heteroatoms. The van der Waals surface area contributed by atoms with Gasteiger partial charge in [0.15, 0.2) is 0 Å². The van der Waals surface area contributed by atoms with Gasteiger partial charge < -0.3 is 9.47 Å². The molecule has 3 atom stereocenters. The second kappa shape index (κ2) is 3.35. The minimum absolute atomic E-state index is 0.324. The molecule has 0 aromatic carbocycles. The van der Waals surface area contributed by atoms with Gasteiger partial charge in [-0.05, 0) is 6.42 Å². The Bertz CT molecular complexity index is 91.4. The van der Waals surface area contributed by atoms with Crippen molar-refractivity contribution in [3.63, 3.8) is 0 Å². The van der Waals surface area contributed by atoms with Crippen LogP contribution in [-0.4, -0.2) is 25.9 Å². The molecule has 0 N–H and O–H groups in total. The van der Waals surface area contributed by atoms with Crippen molar-refractivity contribution in [3.8, 4) is 0 Å². The Balaban J connectivity index is 2.41. The van der Waals surface area contributed by atoms with Gasteiger partial charge in [-0.3, -0.25) is 0 Å². The van der Waals surface area contributed by atoms with E-state index in [0.29, 0.717) is 18.1 Å². The molecule has 60 valence electrons. The van der Waals surface area contributed by atoms with Gasteiger partial charge in [-0.15, -0.1) is 0 Å². The van der Waals surface area contributed by atoms with Gasteiger partial charge in [0.1, 0.15) is 0 Å². The van der Waals surface area contributed by atoms with Crippen LogP contribution in [0.5, 0.6) is 0 Å². The minimum Gasteiger partial charge on any atom is -0.379 e. The largest absolute Gasteiger partial charge is 0.379 e. The highest BCUT2D eigenvalue weighted by atomic mass is 16.5. The highest BCUT2D eigenvalue weighted by Crippen LogP contribution is 2.24. The molecule has 0 spiro atoms. The number of hydrogen-bond donors (Lipinski definition) is 0. The van der Waals surface area contributed by atoms with E-state index in [4.69, 9.17) is 9.47 Å². The van der Waals surface area contributed by atoms with Crippen molar-refractivity contribution < 1.29 is 9.47 Å². The third-order valence-corrected chi connectivity index (χ3v) is 2.35. The maximum atomic E-state index is 5.49. The van der Waals surface area contributed by atoms with Crippen LogP contribution in [0.3, 0.4) is 0 Å². The summed E-state index contributed by atoms with van der Waals surface area (Å²) in [5.74, 6) is 0.565. The fourth-order valence-corrected chi connectivity index (χ4v) is 1.53. The van der Waals surface area contributed by atoms with Crippen LogP contribution < -0.4 is 0 Å². The first-order valence-electron chi connectivity index (χ1n) is 3.94. The molecule has 0 saturated carbocycles. The molecular formula is C8H16O2. The van der Waals surface area contributed by atoms with Gasteiger partial charge in [-0.25, -0.2) is 0 Å². The SMILES string of the molecule is CC[C@H]1OC[C@H](OC)[C@@H]1C. The lowest BCUT2D eigenvalue weighted by atomic mass is 10.00. The van der Waals surface area contributed by atoms with Gasteiger partial charge in [0, 0.05) is 13.0 Å².